The van der Waals surface area contributed by atoms with Crippen LogP contribution in [0.15, 0.2) is 41.3 Å². The molecule has 1 atom stereocenters. The van der Waals surface area contributed by atoms with Crippen molar-refractivity contribution >= 4 is 52.2 Å². The third-order valence-electron chi connectivity index (χ3n) is 4.68. The van der Waals surface area contributed by atoms with Crippen molar-refractivity contribution in [1.29, 1.82) is 0 Å². The fourth-order valence-corrected chi connectivity index (χ4v) is 4.38. The maximum Gasteiger partial charge on any atom is 0.293 e. The van der Waals surface area contributed by atoms with E-state index in [1.807, 2.05) is 45.0 Å². The molecule has 0 spiro atoms. The Bertz CT molecular complexity index is 950. The third kappa shape index (κ3) is 4.97. The molecule has 0 radical (unpaired) electrons. The first kappa shape index (κ1) is 21.8. The van der Waals surface area contributed by atoms with Crippen LogP contribution < -0.4 is 4.74 Å². The summed E-state index contributed by atoms with van der Waals surface area (Å²) in [7, 11) is 0. The van der Waals surface area contributed by atoms with Crippen LogP contribution >= 0.6 is 35.0 Å². The van der Waals surface area contributed by atoms with Crippen molar-refractivity contribution < 1.29 is 14.3 Å². The molecule has 0 saturated carbocycles. The number of hydrogen-bond acceptors (Lipinski definition) is 4. The zero-order valence-corrected chi connectivity index (χ0v) is 18.7. The molecule has 3 rings (SSSR count). The number of hydrogen-bond donors (Lipinski definition) is 0. The second-order valence-electron chi connectivity index (χ2n) is 6.90. The van der Waals surface area contributed by atoms with E-state index in [1.54, 1.807) is 18.2 Å². The normalized spacial score (nSPS) is 16.6. The first-order valence-electron chi connectivity index (χ1n) is 9.24. The Balaban J connectivity index is 1.78. The monoisotopic (exact) mass is 449 g/mol. The number of nitrogens with zero attached hydrogens (tertiary/aromatic N) is 1. The fraction of sp³-hybridized carbons (Fsp3) is 0.273. The van der Waals surface area contributed by atoms with Crippen LogP contribution in [0.4, 0.5) is 4.79 Å². The molecule has 152 valence electrons. The molecule has 0 aromatic heterocycles. The van der Waals surface area contributed by atoms with Gasteiger partial charge in [-0.2, -0.15) is 0 Å². The van der Waals surface area contributed by atoms with Crippen LogP contribution in [0.5, 0.6) is 5.75 Å². The van der Waals surface area contributed by atoms with Gasteiger partial charge in [0.15, 0.2) is 5.75 Å². The van der Waals surface area contributed by atoms with E-state index in [0.29, 0.717) is 39.3 Å². The van der Waals surface area contributed by atoms with Gasteiger partial charge in [-0.3, -0.25) is 14.5 Å². The van der Waals surface area contributed by atoms with Gasteiger partial charge >= 0.3 is 0 Å². The van der Waals surface area contributed by atoms with Gasteiger partial charge in [0.05, 0.1) is 15.0 Å². The molecule has 1 fully saturated rings. The molecule has 1 saturated heterocycles. The Morgan fingerprint density at radius 1 is 1.14 bits per heavy atom. The maximum atomic E-state index is 12.6. The SMILES string of the molecule is CC[C@@H](C)N1C(=O)S/C(=C/c2cc(Cl)c(OCc3ccc(C)cc3)c(Cl)c2)C1=O. The van der Waals surface area contributed by atoms with E-state index in [-0.39, 0.29) is 17.2 Å². The van der Waals surface area contributed by atoms with Crippen LogP contribution in [0.25, 0.3) is 6.08 Å². The van der Waals surface area contributed by atoms with Crippen molar-refractivity contribution in [3.8, 4) is 5.75 Å². The highest BCUT2D eigenvalue weighted by Crippen LogP contribution is 2.38. The molecule has 1 heterocycles. The van der Waals surface area contributed by atoms with Crippen molar-refractivity contribution in [1.82, 2.24) is 4.90 Å². The second-order valence-corrected chi connectivity index (χ2v) is 8.70. The lowest BCUT2D eigenvalue weighted by molar-refractivity contribution is -0.124. The molecular formula is C22H21Cl2NO3S. The Hall–Kier alpha value is -1.95. The Morgan fingerprint density at radius 2 is 1.76 bits per heavy atom. The van der Waals surface area contributed by atoms with E-state index in [0.717, 1.165) is 17.3 Å². The molecule has 1 aliphatic rings. The molecule has 0 aliphatic carbocycles. The fourth-order valence-electron chi connectivity index (χ4n) is 2.83. The summed E-state index contributed by atoms with van der Waals surface area (Å²) in [6, 6.07) is 11.2. The average molecular weight is 450 g/mol. The van der Waals surface area contributed by atoms with Gasteiger partial charge in [-0.1, -0.05) is 60.0 Å². The molecule has 0 N–H and O–H groups in total. The van der Waals surface area contributed by atoms with Crippen LogP contribution in [-0.2, 0) is 11.4 Å². The minimum Gasteiger partial charge on any atom is -0.486 e. The van der Waals surface area contributed by atoms with Gasteiger partial charge in [0.1, 0.15) is 6.61 Å². The summed E-state index contributed by atoms with van der Waals surface area (Å²) in [4.78, 5) is 26.4. The lowest BCUT2D eigenvalue weighted by Crippen LogP contribution is -2.36. The Kier molecular flexibility index (Phi) is 6.93. The summed E-state index contributed by atoms with van der Waals surface area (Å²) >= 11 is 13.7. The molecule has 4 nitrogen and oxygen atoms in total. The van der Waals surface area contributed by atoms with E-state index >= 15 is 0 Å². The first-order valence-corrected chi connectivity index (χ1v) is 10.8. The molecule has 2 aromatic carbocycles. The molecule has 2 aromatic rings. The number of aryl methyl sites for hydroxylation is 1. The van der Waals surface area contributed by atoms with E-state index in [4.69, 9.17) is 27.9 Å². The number of halogens is 2. The van der Waals surface area contributed by atoms with E-state index in [2.05, 4.69) is 0 Å². The Labute approximate surface area is 184 Å². The second kappa shape index (κ2) is 9.24. The lowest BCUT2D eigenvalue weighted by Gasteiger charge is -2.19. The molecule has 29 heavy (non-hydrogen) atoms. The molecule has 0 bridgehead atoms. The van der Waals surface area contributed by atoms with Crippen LogP contribution in [0.1, 0.15) is 37.0 Å². The number of amides is 2. The summed E-state index contributed by atoms with van der Waals surface area (Å²) in [5.74, 6) is 0.0973. The average Bonchev–Trinajstić information content (AvgIpc) is 2.95. The highest BCUT2D eigenvalue weighted by atomic mass is 35.5. The van der Waals surface area contributed by atoms with Gasteiger partial charge in [0.2, 0.25) is 0 Å². The minimum absolute atomic E-state index is 0.141. The zero-order valence-electron chi connectivity index (χ0n) is 16.4. The molecule has 2 amide bonds. The summed E-state index contributed by atoms with van der Waals surface area (Å²) < 4.78 is 5.80. The van der Waals surface area contributed by atoms with Gasteiger partial charge < -0.3 is 4.74 Å². The van der Waals surface area contributed by atoms with Crippen molar-refractivity contribution in [2.45, 2.75) is 39.8 Å². The lowest BCUT2D eigenvalue weighted by atomic mass is 10.1. The first-order chi connectivity index (χ1) is 13.8. The van der Waals surface area contributed by atoms with Gasteiger partial charge in [-0.25, -0.2) is 0 Å². The molecule has 1 aliphatic heterocycles. The summed E-state index contributed by atoms with van der Waals surface area (Å²) in [5.41, 5.74) is 2.81. The summed E-state index contributed by atoms with van der Waals surface area (Å²) in [5, 5.41) is 0.430. The van der Waals surface area contributed by atoms with Crippen molar-refractivity contribution in [2.75, 3.05) is 0 Å². The van der Waals surface area contributed by atoms with Crippen LogP contribution in [0.3, 0.4) is 0 Å². The highest BCUT2D eigenvalue weighted by molar-refractivity contribution is 8.18. The third-order valence-corrected chi connectivity index (χ3v) is 6.12. The van der Waals surface area contributed by atoms with Crippen molar-refractivity contribution in [3.63, 3.8) is 0 Å². The Morgan fingerprint density at radius 3 is 2.34 bits per heavy atom. The van der Waals surface area contributed by atoms with Gasteiger partial charge in [-0.15, -0.1) is 0 Å². The molecular weight excluding hydrogens is 429 g/mol. The van der Waals surface area contributed by atoms with Crippen LogP contribution in [-0.4, -0.2) is 22.1 Å². The highest BCUT2D eigenvalue weighted by Gasteiger charge is 2.37. The number of imide groups is 1. The van der Waals surface area contributed by atoms with Gasteiger partial charge in [0.25, 0.3) is 11.1 Å². The predicted molar refractivity (Wildman–Crippen MR) is 120 cm³/mol. The van der Waals surface area contributed by atoms with Gasteiger partial charge in [0, 0.05) is 6.04 Å². The van der Waals surface area contributed by atoms with E-state index < -0.39 is 0 Å². The predicted octanol–water partition coefficient (Wildman–Crippen LogP) is 6.72. The number of ether oxygens (including phenoxy) is 1. The van der Waals surface area contributed by atoms with E-state index in [9.17, 15) is 9.59 Å². The smallest absolute Gasteiger partial charge is 0.293 e. The van der Waals surface area contributed by atoms with Crippen molar-refractivity contribution in [2.24, 2.45) is 0 Å². The maximum absolute atomic E-state index is 12.6. The number of carbonyl (C=O) groups excluding carboxylic acids is 2. The number of benzene rings is 2. The minimum atomic E-state index is -0.290. The topological polar surface area (TPSA) is 46.6 Å². The van der Waals surface area contributed by atoms with E-state index in [1.165, 1.54) is 10.5 Å². The summed E-state index contributed by atoms with van der Waals surface area (Å²) in [6.07, 6.45) is 2.34. The zero-order chi connectivity index (χ0) is 21.1. The number of thioether (sulfide) groups is 1. The number of rotatable bonds is 6. The largest absolute Gasteiger partial charge is 0.486 e. The molecule has 7 heteroatoms. The number of carbonyl (C=O) groups is 2. The van der Waals surface area contributed by atoms with Crippen LogP contribution in [0, 0.1) is 6.92 Å². The van der Waals surface area contributed by atoms with Crippen LogP contribution in [0.2, 0.25) is 10.0 Å². The van der Waals surface area contributed by atoms with Gasteiger partial charge in [-0.05, 0) is 61.4 Å². The summed E-state index contributed by atoms with van der Waals surface area (Å²) in [6.45, 7) is 6.15. The molecule has 0 unspecified atom stereocenters. The van der Waals surface area contributed by atoms with Crippen molar-refractivity contribution in [3.05, 3.63) is 68.0 Å². The quantitative estimate of drug-likeness (QED) is 0.459. The standard InChI is InChI=1S/C22H21Cl2NO3S/c1-4-14(3)25-21(26)19(29-22(25)27)11-16-9-17(23)20(18(24)10-16)28-12-15-7-5-13(2)6-8-15/h5-11,14H,4,12H2,1-3H3/b19-11+/t14-/m1/s1.